The van der Waals surface area contributed by atoms with Crippen LogP contribution < -0.4 is 21.3 Å². The van der Waals surface area contributed by atoms with Gasteiger partial charge < -0.3 is 31.5 Å². The predicted octanol–water partition coefficient (Wildman–Crippen LogP) is 7.32. The average Bonchev–Trinajstić information content (AvgIpc) is 3.11. The number of hydrogen-bond acceptors (Lipinski definition) is 6. The molecule has 0 aliphatic heterocycles. The first-order valence-corrected chi connectivity index (χ1v) is 20.7. The quantitative estimate of drug-likeness (QED) is 0.0357. The van der Waals surface area contributed by atoms with Gasteiger partial charge in [-0.25, -0.2) is 9.59 Å². The van der Waals surface area contributed by atoms with Crippen molar-refractivity contribution in [2.24, 2.45) is 0 Å². The zero-order chi connectivity index (χ0) is 38.7. The highest BCUT2D eigenvalue weighted by molar-refractivity contribution is 5.88. The van der Waals surface area contributed by atoms with E-state index in [2.05, 4.69) is 35.1 Å². The zero-order valence-electron chi connectivity index (χ0n) is 32.7. The van der Waals surface area contributed by atoms with E-state index in [1.807, 2.05) is 0 Å². The van der Waals surface area contributed by atoms with E-state index in [-0.39, 0.29) is 37.5 Å². The Kier molecular flexibility index (Phi) is 32.7. The lowest BCUT2D eigenvalue weighted by molar-refractivity contribution is -0.143. The molecule has 0 heterocycles. The first-order chi connectivity index (χ1) is 25.1. The molecule has 0 rings (SSSR count). The standard InChI is InChI=1S/C40H74N4O8/c1-3-5-7-9-11-13-15-17-19-27-35(45)41-31-23-21-25-33(39(49)50)43-37(47)29-30-38(48)44-34(40(51)52)26-22-24-32-42-36(46)28-20-18-16-14-12-10-8-6-4-2/h33-34H,3-32H2,1-2H3,(H,41,45)(H,42,46)(H,43,47)(H,44,48)(H,49,50)(H,51,52)/t33-,34-/m0/s1. The van der Waals surface area contributed by atoms with Crippen molar-refractivity contribution in [3.8, 4) is 0 Å². The molecular weight excluding hydrogens is 664 g/mol. The molecule has 0 bridgehead atoms. The van der Waals surface area contributed by atoms with Crippen molar-refractivity contribution in [3.05, 3.63) is 0 Å². The van der Waals surface area contributed by atoms with Crippen molar-refractivity contribution in [3.63, 3.8) is 0 Å². The highest BCUT2D eigenvalue weighted by Crippen LogP contribution is 2.12. The molecule has 302 valence electrons. The van der Waals surface area contributed by atoms with Crippen molar-refractivity contribution in [1.29, 1.82) is 0 Å². The Hall–Kier alpha value is -3.18. The summed E-state index contributed by atoms with van der Waals surface area (Å²) in [5.74, 6) is -3.59. The molecule has 2 atom stereocenters. The monoisotopic (exact) mass is 739 g/mol. The van der Waals surface area contributed by atoms with Crippen molar-refractivity contribution >= 4 is 35.6 Å². The molecule has 52 heavy (non-hydrogen) atoms. The summed E-state index contributed by atoms with van der Waals surface area (Å²) in [6.07, 6.45) is 24.3. The highest BCUT2D eigenvalue weighted by Gasteiger charge is 2.22. The van der Waals surface area contributed by atoms with Crippen LogP contribution in [0.2, 0.25) is 0 Å². The first kappa shape index (κ1) is 48.8. The molecule has 4 amide bonds. The molecule has 0 aromatic heterocycles. The lowest BCUT2D eigenvalue weighted by Crippen LogP contribution is -2.43. The van der Waals surface area contributed by atoms with Crippen LogP contribution in [-0.4, -0.2) is 71.0 Å². The number of amides is 4. The lowest BCUT2D eigenvalue weighted by atomic mass is 10.1. The van der Waals surface area contributed by atoms with Crippen LogP contribution in [0.15, 0.2) is 0 Å². The van der Waals surface area contributed by atoms with Gasteiger partial charge in [-0.1, -0.05) is 117 Å². The maximum atomic E-state index is 12.4. The average molecular weight is 739 g/mol. The molecule has 0 aliphatic carbocycles. The third-order valence-corrected chi connectivity index (χ3v) is 9.34. The van der Waals surface area contributed by atoms with Gasteiger partial charge in [0.15, 0.2) is 0 Å². The molecule has 0 radical (unpaired) electrons. The van der Waals surface area contributed by atoms with Crippen LogP contribution in [0.25, 0.3) is 0 Å². The Morgan fingerprint density at radius 3 is 1.00 bits per heavy atom. The molecule has 0 aliphatic rings. The second-order valence-electron chi connectivity index (χ2n) is 14.3. The van der Waals surface area contributed by atoms with Crippen molar-refractivity contribution in [2.45, 2.75) is 206 Å². The molecule has 12 nitrogen and oxygen atoms in total. The summed E-state index contributed by atoms with van der Waals surface area (Å²) in [5, 5.41) is 29.7. The van der Waals surface area contributed by atoms with E-state index < -0.39 is 35.8 Å². The van der Waals surface area contributed by atoms with Crippen LogP contribution in [0.3, 0.4) is 0 Å². The summed E-state index contributed by atoms with van der Waals surface area (Å²) in [7, 11) is 0. The fraction of sp³-hybridized carbons (Fsp3) is 0.850. The van der Waals surface area contributed by atoms with Crippen LogP contribution >= 0.6 is 0 Å². The Labute approximate surface area is 314 Å². The SMILES string of the molecule is CCCCCCCCCCCC(=O)NCCCC[C@H](NC(=O)CCC(=O)N[C@@H](CCCCNC(=O)CCCCCCCCCCC)C(=O)O)C(=O)O. The topological polar surface area (TPSA) is 191 Å². The van der Waals surface area contributed by atoms with Gasteiger partial charge in [-0.15, -0.1) is 0 Å². The van der Waals surface area contributed by atoms with Gasteiger partial charge in [0.25, 0.3) is 0 Å². The van der Waals surface area contributed by atoms with E-state index in [0.29, 0.717) is 51.6 Å². The van der Waals surface area contributed by atoms with E-state index in [0.717, 1.165) is 38.5 Å². The predicted molar refractivity (Wildman–Crippen MR) is 206 cm³/mol. The summed E-state index contributed by atoms with van der Waals surface area (Å²) in [6, 6.07) is -2.24. The smallest absolute Gasteiger partial charge is 0.326 e. The van der Waals surface area contributed by atoms with E-state index in [1.54, 1.807) is 0 Å². The fourth-order valence-corrected chi connectivity index (χ4v) is 6.05. The molecule has 0 spiro atoms. The van der Waals surface area contributed by atoms with E-state index in [1.165, 1.54) is 77.0 Å². The van der Waals surface area contributed by atoms with E-state index >= 15 is 0 Å². The van der Waals surface area contributed by atoms with Crippen LogP contribution in [-0.2, 0) is 28.8 Å². The molecule has 0 saturated heterocycles. The van der Waals surface area contributed by atoms with Gasteiger partial charge >= 0.3 is 11.9 Å². The molecule has 12 heteroatoms. The fourth-order valence-electron chi connectivity index (χ4n) is 6.05. The number of carboxylic acids is 2. The Bertz CT molecular complexity index is 901. The van der Waals surface area contributed by atoms with Gasteiger partial charge in [0.1, 0.15) is 12.1 Å². The number of rotatable bonds is 37. The van der Waals surface area contributed by atoms with Gasteiger partial charge in [-0.2, -0.15) is 0 Å². The maximum Gasteiger partial charge on any atom is 0.326 e. The van der Waals surface area contributed by atoms with E-state index in [4.69, 9.17) is 0 Å². The van der Waals surface area contributed by atoms with Crippen LogP contribution in [0.4, 0.5) is 0 Å². The molecule has 0 saturated carbocycles. The number of carbonyl (C=O) groups excluding carboxylic acids is 4. The second-order valence-corrected chi connectivity index (χ2v) is 14.3. The normalized spacial score (nSPS) is 12.1. The largest absolute Gasteiger partial charge is 0.480 e. The maximum absolute atomic E-state index is 12.4. The summed E-state index contributed by atoms with van der Waals surface area (Å²) >= 11 is 0. The third kappa shape index (κ3) is 31.5. The Morgan fingerprint density at radius 1 is 0.385 bits per heavy atom. The summed E-state index contributed by atoms with van der Waals surface area (Å²) < 4.78 is 0. The van der Waals surface area contributed by atoms with Gasteiger partial charge in [0, 0.05) is 38.8 Å². The van der Waals surface area contributed by atoms with Gasteiger partial charge in [-0.3, -0.25) is 19.2 Å². The zero-order valence-corrected chi connectivity index (χ0v) is 32.7. The molecule has 0 aromatic carbocycles. The first-order valence-electron chi connectivity index (χ1n) is 20.7. The number of carbonyl (C=O) groups is 6. The second kappa shape index (κ2) is 34.9. The minimum Gasteiger partial charge on any atom is -0.480 e. The molecule has 6 N–H and O–H groups in total. The number of unbranched alkanes of at least 4 members (excludes halogenated alkanes) is 18. The highest BCUT2D eigenvalue weighted by atomic mass is 16.4. The van der Waals surface area contributed by atoms with Crippen molar-refractivity contribution < 1.29 is 39.0 Å². The van der Waals surface area contributed by atoms with Crippen LogP contribution in [0.1, 0.15) is 194 Å². The lowest BCUT2D eigenvalue weighted by Gasteiger charge is -2.16. The van der Waals surface area contributed by atoms with Crippen molar-refractivity contribution in [2.75, 3.05) is 13.1 Å². The number of carboxylic acid groups (broad SMARTS) is 2. The van der Waals surface area contributed by atoms with Crippen LogP contribution in [0, 0.1) is 0 Å². The number of hydrogen-bond donors (Lipinski definition) is 6. The van der Waals surface area contributed by atoms with Crippen molar-refractivity contribution in [1.82, 2.24) is 21.3 Å². The summed E-state index contributed by atoms with van der Waals surface area (Å²) in [6.45, 7) is 5.30. The minimum atomic E-state index is -1.18. The van der Waals surface area contributed by atoms with Gasteiger partial charge in [-0.05, 0) is 51.4 Å². The molecule has 0 aromatic rings. The molecule has 0 unspecified atom stereocenters. The summed E-state index contributed by atoms with van der Waals surface area (Å²) in [5.41, 5.74) is 0. The van der Waals surface area contributed by atoms with Crippen LogP contribution in [0.5, 0.6) is 0 Å². The van der Waals surface area contributed by atoms with E-state index in [9.17, 15) is 39.0 Å². The molecular formula is C40H74N4O8. The Balaban J connectivity index is 4.07. The summed E-state index contributed by atoms with van der Waals surface area (Å²) in [4.78, 5) is 72.2. The minimum absolute atomic E-state index is 0.00208. The third-order valence-electron chi connectivity index (χ3n) is 9.34. The Morgan fingerprint density at radius 2 is 0.692 bits per heavy atom. The number of aliphatic carboxylic acids is 2. The van der Waals surface area contributed by atoms with Gasteiger partial charge in [0.2, 0.25) is 23.6 Å². The molecule has 0 fully saturated rings. The van der Waals surface area contributed by atoms with Gasteiger partial charge in [0.05, 0.1) is 0 Å². The number of nitrogens with one attached hydrogen (secondary N) is 4.